The van der Waals surface area contributed by atoms with Crippen LogP contribution in [-0.4, -0.2) is 6.10 Å². The van der Waals surface area contributed by atoms with Crippen molar-refractivity contribution in [2.24, 2.45) is 5.92 Å². The second kappa shape index (κ2) is 3.33. The minimum atomic E-state index is 0.423. The number of hydrogen-bond donors (Lipinski definition) is 0. The van der Waals surface area contributed by atoms with Crippen LogP contribution in [0.4, 0.5) is 0 Å². The van der Waals surface area contributed by atoms with E-state index >= 15 is 0 Å². The number of halogens is 1. The summed E-state index contributed by atoms with van der Waals surface area (Å²) in [6, 6.07) is 6.78. The number of fused-ring (bicyclic) bond motifs is 6. The molecule has 0 unspecified atom stereocenters. The molecule has 2 fully saturated rings. The molecule has 1 aliphatic heterocycles. The van der Waals surface area contributed by atoms with Gasteiger partial charge in [0.25, 0.3) is 0 Å². The molecule has 2 aliphatic carbocycles. The average molecular weight is 279 g/mol. The third-order valence-corrected chi connectivity index (χ3v) is 5.02. The van der Waals surface area contributed by atoms with Crippen LogP contribution in [0.25, 0.3) is 0 Å². The van der Waals surface area contributed by atoms with Crippen molar-refractivity contribution >= 4 is 15.9 Å². The molecule has 3 aliphatic rings. The molecular weight excluding hydrogens is 264 g/mol. The Bertz CT molecular complexity index is 442. The molecule has 4 rings (SSSR count). The van der Waals surface area contributed by atoms with E-state index in [1.54, 1.807) is 5.56 Å². The fourth-order valence-corrected chi connectivity index (χ4v) is 4.15. The molecular formula is C14H15BrO. The Balaban J connectivity index is 1.84. The summed E-state index contributed by atoms with van der Waals surface area (Å²) in [6.07, 6.45) is 6.51. The molecule has 1 nitrogen and oxygen atoms in total. The molecule has 0 radical (unpaired) electrons. The second-order valence-corrected chi connectivity index (χ2v) is 6.27. The fraction of sp³-hybridized carbons (Fsp3) is 0.571. The predicted octanol–water partition coefficient (Wildman–Crippen LogP) is 4.18. The van der Waals surface area contributed by atoms with Crippen LogP contribution in [0.5, 0.6) is 0 Å². The van der Waals surface area contributed by atoms with Crippen molar-refractivity contribution < 1.29 is 4.74 Å². The third kappa shape index (κ3) is 1.26. The topological polar surface area (TPSA) is 12.5 Å². The van der Waals surface area contributed by atoms with Crippen LogP contribution in [0, 0.1) is 5.92 Å². The van der Waals surface area contributed by atoms with Gasteiger partial charge in [0.2, 0.25) is 0 Å². The Labute approximate surface area is 104 Å². The number of ether oxygens (including phenoxy) is 1. The molecule has 1 aromatic carbocycles. The van der Waals surface area contributed by atoms with Crippen LogP contribution >= 0.6 is 15.9 Å². The van der Waals surface area contributed by atoms with E-state index < -0.39 is 0 Å². The molecule has 0 N–H and O–H groups in total. The van der Waals surface area contributed by atoms with Gasteiger partial charge in [-0.15, -0.1) is 0 Å². The maximum atomic E-state index is 5.91. The molecule has 1 aromatic rings. The van der Waals surface area contributed by atoms with Crippen molar-refractivity contribution in [2.45, 2.75) is 43.8 Å². The second-order valence-electron chi connectivity index (χ2n) is 5.35. The van der Waals surface area contributed by atoms with Crippen molar-refractivity contribution in [3.8, 4) is 0 Å². The van der Waals surface area contributed by atoms with Crippen molar-refractivity contribution in [1.82, 2.24) is 0 Å². The molecule has 1 saturated heterocycles. The third-order valence-electron chi connectivity index (χ3n) is 4.52. The van der Waals surface area contributed by atoms with Crippen LogP contribution in [0.15, 0.2) is 22.7 Å². The van der Waals surface area contributed by atoms with Crippen molar-refractivity contribution in [3.05, 3.63) is 33.8 Å². The summed E-state index contributed by atoms with van der Waals surface area (Å²) >= 11 is 3.57. The van der Waals surface area contributed by atoms with Gasteiger partial charge >= 0.3 is 0 Å². The first-order valence-electron chi connectivity index (χ1n) is 6.29. The van der Waals surface area contributed by atoms with E-state index in [9.17, 15) is 0 Å². The van der Waals surface area contributed by atoms with E-state index in [1.165, 1.54) is 35.7 Å². The van der Waals surface area contributed by atoms with Crippen LogP contribution in [0.2, 0.25) is 0 Å². The Hall–Kier alpha value is -0.340. The average Bonchev–Trinajstić information content (AvgIpc) is 3.09. The lowest BCUT2D eigenvalue weighted by Crippen LogP contribution is -2.27. The SMILES string of the molecule is Brc1ccc2c(c1)[C@@H]1O[C@@H]1[C@H]1CCCC[C@H]21. The molecule has 1 heterocycles. The minimum Gasteiger partial charge on any atom is -0.364 e. The number of epoxide rings is 1. The van der Waals surface area contributed by atoms with E-state index in [0.717, 1.165) is 11.8 Å². The molecule has 84 valence electrons. The molecule has 4 atom stereocenters. The Morgan fingerprint density at radius 1 is 1.12 bits per heavy atom. The number of rotatable bonds is 0. The lowest BCUT2D eigenvalue weighted by Gasteiger charge is -2.35. The molecule has 0 aromatic heterocycles. The summed E-state index contributed by atoms with van der Waals surface area (Å²) in [4.78, 5) is 0. The van der Waals surface area contributed by atoms with E-state index in [0.29, 0.717) is 12.2 Å². The van der Waals surface area contributed by atoms with Gasteiger partial charge in [-0.1, -0.05) is 34.8 Å². The van der Waals surface area contributed by atoms with Crippen molar-refractivity contribution in [2.75, 3.05) is 0 Å². The van der Waals surface area contributed by atoms with Gasteiger partial charge in [-0.3, -0.25) is 0 Å². The monoisotopic (exact) mass is 278 g/mol. The summed E-state index contributed by atoms with van der Waals surface area (Å²) in [5.74, 6) is 1.59. The van der Waals surface area contributed by atoms with Gasteiger partial charge in [-0.2, -0.15) is 0 Å². The lowest BCUT2D eigenvalue weighted by atomic mass is 9.68. The smallest absolute Gasteiger partial charge is 0.110 e. The highest BCUT2D eigenvalue weighted by molar-refractivity contribution is 9.10. The largest absolute Gasteiger partial charge is 0.364 e. The first-order chi connectivity index (χ1) is 7.84. The summed E-state index contributed by atoms with van der Waals surface area (Å²) in [6.45, 7) is 0. The van der Waals surface area contributed by atoms with E-state index in [1.807, 2.05) is 0 Å². The molecule has 1 saturated carbocycles. The van der Waals surface area contributed by atoms with Crippen LogP contribution in [0.3, 0.4) is 0 Å². The summed E-state index contributed by atoms with van der Waals surface area (Å²) in [5, 5.41) is 0. The molecule has 0 bridgehead atoms. The highest BCUT2D eigenvalue weighted by atomic mass is 79.9. The molecule has 16 heavy (non-hydrogen) atoms. The Kier molecular flexibility index (Phi) is 2.01. The maximum absolute atomic E-state index is 5.91. The van der Waals surface area contributed by atoms with Crippen LogP contribution < -0.4 is 0 Å². The fourth-order valence-electron chi connectivity index (χ4n) is 3.77. The molecule has 0 amide bonds. The van der Waals surface area contributed by atoms with Gasteiger partial charge in [-0.05, 0) is 47.9 Å². The van der Waals surface area contributed by atoms with Gasteiger partial charge in [0.15, 0.2) is 0 Å². The normalized spacial score (nSPS) is 39.6. The number of benzene rings is 1. The Morgan fingerprint density at radius 2 is 2.00 bits per heavy atom. The van der Waals surface area contributed by atoms with Gasteiger partial charge in [-0.25, -0.2) is 0 Å². The minimum absolute atomic E-state index is 0.423. The van der Waals surface area contributed by atoms with E-state index in [2.05, 4.69) is 34.1 Å². The quantitative estimate of drug-likeness (QED) is 0.649. The van der Waals surface area contributed by atoms with Crippen LogP contribution in [-0.2, 0) is 4.74 Å². The number of hydrogen-bond acceptors (Lipinski definition) is 1. The van der Waals surface area contributed by atoms with Gasteiger partial charge in [0, 0.05) is 4.47 Å². The summed E-state index contributed by atoms with van der Waals surface area (Å²) in [5.41, 5.74) is 3.04. The van der Waals surface area contributed by atoms with Gasteiger partial charge in [0.05, 0.1) is 6.10 Å². The standard InChI is InChI=1S/C14H15BrO/c15-8-5-6-10-9-3-1-2-4-11(9)13-14(16-13)12(10)7-8/h5-7,9,11,13-14H,1-4H2/t9-,11+,13-,14+/m1/s1. The molecule has 0 spiro atoms. The lowest BCUT2D eigenvalue weighted by molar-refractivity contribution is 0.237. The van der Waals surface area contributed by atoms with Crippen molar-refractivity contribution in [1.29, 1.82) is 0 Å². The predicted molar refractivity (Wildman–Crippen MR) is 66.5 cm³/mol. The zero-order valence-electron chi connectivity index (χ0n) is 9.16. The van der Waals surface area contributed by atoms with Gasteiger partial charge < -0.3 is 4.74 Å². The van der Waals surface area contributed by atoms with Crippen LogP contribution in [0.1, 0.15) is 48.8 Å². The van der Waals surface area contributed by atoms with E-state index in [4.69, 9.17) is 4.74 Å². The Morgan fingerprint density at radius 3 is 2.94 bits per heavy atom. The zero-order chi connectivity index (χ0) is 10.7. The highest BCUT2D eigenvalue weighted by Gasteiger charge is 2.54. The van der Waals surface area contributed by atoms with E-state index in [-0.39, 0.29) is 0 Å². The van der Waals surface area contributed by atoms with Gasteiger partial charge in [0.1, 0.15) is 6.10 Å². The zero-order valence-corrected chi connectivity index (χ0v) is 10.7. The molecule has 2 heteroatoms. The first-order valence-corrected chi connectivity index (χ1v) is 7.09. The summed E-state index contributed by atoms with van der Waals surface area (Å²) in [7, 11) is 0. The highest BCUT2D eigenvalue weighted by Crippen LogP contribution is 2.58. The van der Waals surface area contributed by atoms with Crippen molar-refractivity contribution in [3.63, 3.8) is 0 Å². The summed E-state index contributed by atoms with van der Waals surface area (Å²) < 4.78 is 7.10. The maximum Gasteiger partial charge on any atom is 0.110 e. The first kappa shape index (κ1) is 9.67.